The fourth-order valence-corrected chi connectivity index (χ4v) is 2.41. The number of hydrogen-bond donors (Lipinski definition) is 2. The van der Waals surface area contributed by atoms with Crippen molar-refractivity contribution in [1.82, 2.24) is 5.32 Å². The number of ether oxygens (including phenoxy) is 3. The van der Waals surface area contributed by atoms with Gasteiger partial charge in [-0.1, -0.05) is 12.1 Å². The summed E-state index contributed by atoms with van der Waals surface area (Å²) in [7, 11) is 4.65. The first kappa shape index (κ1) is 20.4. The van der Waals surface area contributed by atoms with Crippen molar-refractivity contribution < 1.29 is 19.0 Å². The van der Waals surface area contributed by atoms with Crippen molar-refractivity contribution in [2.45, 2.75) is 13.0 Å². The highest BCUT2D eigenvalue weighted by molar-refractivity contribution is 5.99. The predicted octanol–water partition coefficient (Wildman–Crippen LogP) is 3.21. The van der Waals surface area contributed by atoms with Gasteiger partial charge >= 0.3 is 0 Å². The second-order valence-corrected chi connectivity index (χ2v) is 5.24. The van der Waals surface area contributed by atoms with E-state index in [1.165, 1.54) is 0 Å². The number of carbonyl (C=O) groups is 1. The Morgan fingerprint density at radius 2 is 1.60 bits per heavy atom. The summed E-state index contributed by atoms with van der Waals surface area (Å²) in [4.78, 5) is 12.4. The van der Waals surface area contributed by atoms with E-state index >= 15 is 0 Å². The van der Waals surface area contributed by atoms with Crippen LogP contribution in [0.4, 0.5) is 5.69 Å². The lowest BCUT2D eigenvalue weighted by molar-refractivity contribution is 0.0940. The maximum absolute atomic E-state index is 12.4. The molecule has 2 rings (SSSR count). The van der Waals surface area contributed by atoms with Gasteiger partial charge in [0.1, 0.15) is 0 Å². The van der Waals surface area contributed by atoms with E-state index in [-0.39, 0.29) is 24.4 Å². The Bertz CT molecular complexity index is 712. The van der Waals surface area contributed by atoms with Gasteiger partial charge < -0.3 is 25.3 Å². The Morgan fingerprint density at radius 3 is 2.08 bits per heavy atom. The minimum absolute atomic E-state index is 0. The van der Waals surface area contributed by atoms with Gasteiger partial charge in [0.25, 0.3) is 5.91 Å². The highest BCUT2D eigenvalue weighted by atomic mass is 35.5. The molecule has 3 N–H and O–H groups in total. The molecule has 0 heterocycles. The lowest BCUT2D eigenvalue weighted by Crippen LogP contribution is -2.27. The number of nitrogens with two attached hydrogens (primary N) is 1. The third-order valence-corrected chi connectivity index (χ3v) is 3.74. The number of para-hydroxylation sites is 1. The van der Waals surface area contributed by atoms with Crippen LogP contribution < -0.4 is 25.3 Å². The molecule has 0 saturated carbocycles. The molecule has 0 aliphatic rings. The van der Waals surface area contributed by atoms with Gasteiger partial charge in [-0.05, 0) is 36.8 Å². The Morgan fingerprint density at radius 1 is 1.04 bits per heavy atom. The fraction of sp³-hybridized carbons (Fsp3) is 0.278. The van der Waals surface area contributed by atoms with E-state index in [1.54, 1.807) is 57.7 Å². The molecule has 6 nitrogen and oxygen atoms in total. The number of halogens is 1. The number of hydrogen-bond acceptors (Lipinski definition) is 5. The third-order valence-electron chi connectivity index (χ3n) is 3.74. The van der Waals surface area contributed by atoms with E-state index in [2.05, 4.69) is 5.32 Å². The summed E-state index contributed by atoms with van der Waals surface area (Å²) in [6, 6.07) is 10.3. The number of anilines is 1. The van der Waals surface area contributed by atoms with Gasteiger partial charge in [-0.15, -0.1) is 12.4 Å². The molecule has 1 unspecified atom stereocenters. The summed E-state index contributed by atoms with van der Waals surface area (Å²) in [5, 5.41) is 2.92. The molecule has 1 amide bonds. The van der Waals surface area contributed by atoms with Crippen LogP contribution in [0.3, 0.4) is 0 Å². The number of methoxy groups -OCH3 is 3. The Balaban J connectivity index is 0.00000312. The summed E-state index contributed by atoms with van der Waals surface area (Å²) >= 11 is 0. The van der Waals surface area contributed by atoms with E-state index in [0.29, 0.717) is 28.5 Å². The van der Waals surface area contributed by atoms with Crippen molar-refractivity contribution in [3.05, 3.63) is 47.5 Å². The van der Waals surface area contributed by atoms with Crippen molar-refractivity contribution in [2.75, 3.05) is 27.1 Å². The van der Waals surface area contributed by atoms with Gasteiger partial charge in [0.2, 0.25) is 5.75 Å². The third kappa shape index (κ3) is 4.48. The maximum atomic E-state index is 12.4. The van der Waals surface area contributed by atoms with E-state index < -0.39 is 0 Å². The smallest absolute Gasteiger partial charge is 0.253 e. The number of nitrogens with one attached hydrogen (secondary N) is 1. The Kier molecular flexibility index (Phi) is 7.39. The normalized spacial score (nSPS) is 11.0. The van der Waals surface area contributed by atoms with Gasteiger partial charge in [0.15, 0.2) is 11.5 Å². The molecule has 0 spiro atoms. The molecule has 0 aliphatic carbocycles. The molecule has 0 bridgehead atoms. The number of rotatable bonds is 6. The van der Waals surface area contributed by atoms with Crippen LogP contribution in [-0.4, -0.2) is 27.2 Å². The van der Waals surface area contributed by atoms with Gasteiger partial charge in [-0.2, -0.15) is 0 Å². The predicted molar refractivity (Wildman–Crippen MR) is 100 cm³/mol. The van der Waals surface area contributed by atoms with Crippen LogP contribution in [0, 0.1) is 0 Å². The molecule has 1 atom stereocenters. The minimum Gasteiger partial charge on any atom is -0.493 e. The monoisotopic (exact) mass is 366 g/mol. The zero-order chi connectivity index (χ0) is 17.7. The summed E-state index contributed by atoms with van der Waals surface area (Å²) in [6.07, 6.45) is 0. The molecule has 136 valence electrons. The second kappa shape index (κ2) is 9.03. The van der Waals surface area contributed by atoms with Crippen LogP contribution in [0.25, 0.3) is 0 Å². The first-order valence-corrected chi connectivity index (χ1v) is 7.47. The average Bonchev–Trinajstić information content (AvgIpc) is 2.60. The van der Waals surface area contributed by atoms with Crippen molar-refractivity contribution in [1.29, 1.82) is 0 Å². The van der Waals surface area contributed by atoms with Crippen LogP contribution in [-0.2, 0) is 0 Å². The van der Waals surface area contributed by atoms with E-state index in [1.807, 2.05) is 6.92 Å². The molecule has 2 aromatic carbocycles. The van der Waals surface area contributed by atoms with Crippen LogP contribution in [0.1, 0.15) is 28.9 Å². The molecule has 25 heavy (non-hydrogen) atoms. The highest BCUT2D eigenvalue weighted by Gasteiger charge is 2.18. The van der Waals surface area contributed by atoms with E-state index in [4.69, 9.17) is 19.9 Å². The number of benzene rings is 2. The summed E-state index contributed by atoms with van der Waals surface area (Å²) in [6.45, 7) is 1.87. The molecule has 0 aromatic heterocycles. The molecule has 2 aromatic rings. The SMILES string of the molecule is COc1cc(C(C)NC(=O)c2ccccc2N)cc(OC)c1OC.Cl. The standard InChI is InChI=1S/C18H22N2O4.ClH/c1-11(20-18(21)13-7-5-6-8-14(13)19)12-9-15(22-2)17(24-4)16(10-12)23-3;/h5-11H,19H2,1-4H3,(H,20,21);1H. The van der Waals surface area contributed by atoms with Gasteiger partial charge in [0, 0.05) is 5.69 Å². The second-order valence-electron chi connectivity index (χ2n) is 5.24. The van der Waals surface area contributed by atoms with Crippen LogP contribution in [0.2, 0.25) is 0 Å². The Hall–Kier alpha value is -2.60. The molecule has 7 heteroatoms. The molecule has 0 aliphatic heterocycles. The fourth-order valence-electron chi connectivity index (χ4n) is 2.41. The van der Waals surface area contributed by atoms with Crippen LogP contribution >= 0.6 is 12.4 Å². The van der Waals surface area contributed by atoms with Gasteiger partial charge in [0.05, 0.1) is 32.9 Å². The van der Waals surface area contributed by atoms with Crippen LogP contribution in [0.5, 0.6) is 17.2 Å². The average molecular weight is 367 g/mol. The zero-order valence-corrected chi connectivity index (χ0v) is 15.5. The van der Waals surface area contributed by atoms with Gasteiger partial charge in [-0.25, -0.2) is 0 Å². The first-order valence-electron chi connectivity index (χ1n) is 7.47. The van der Waals surface area contributed by atoms with Crippen molar-refractivity contribution in [3.8, 4) is 17.2 Å². The van der Waals surface area contributed by atoms with Gasteiger partial charge in [-0.3, -0.25) is 4.79 Å². The molecule has 0 saturated heterocycles. The first-order chi connectivity index (χ1) is 11.5. The number of amides is 1. The van der Waals surface area contributed by atoms with E-state index in [0.717, 1.165) is 5.56 Å². The Labute approximate surface area is 153 Å². The van der Waals surface area contributed by atoms with E-state index in [9.17, 15) is 4.79 Å². The number of carbonyl (C=O) groups excluding carboxylic acids is 1. The molecular formula is C18H23ClN2O4. The van der Waals surface area contributed by atoms with Crippen molar-refractivity contribution in [3.63, 3.8) is 0 Å². The molecule has 0 radical (unpaired) electrons. The minimum atomic E-state index is -0.272. The summed E-state index contributed by atoms with van der Waals surface area (Å²) < 4.78 is 16.0. The lowest BCUT2D eigenvalue weighted by Gasteiger charge is -2.19. The topological polar surface area (TPSA) is 82.8 Å². The van der Waals surface area contributed by atoms with Crippen molar-refractivity contribution >= 4 is 24.0 Å². The molecule has 0 fully saturated rings. The highest BCUT2D eigenvalue weighted by Crippen LogP contribution is 2.39. The summed E-state index contributed by atoms with van der Waals surface area (Å²) in [5.74, 6) is 1.34. The summed E-state index contributed by atoms with van der Waals surface area (Å²) in [5.41, 5.74) is 7.55. The van der Waals surface area contributed by atoms with Crippen LogP contribution in [0.15, 0.2) is 36.4 Å². The van der Waals surface area contributed by atoms with Crippen molar-refractivity contribution in [2.24, 2.45) is 0 Å². The maximum Gasteiger partial charge on any atom is 0.253 e. The largest absolute Gasteiger partial charge is 0.493 e. The molecular weight excluding hydrogens is 344 g/mol. The number of nitrogen functional groups attached to an aromatic ring is 1. The lowest BCUT2D eigenvalue weighted by atomic mass is 10.1. The quantitative estimate of drug-likeness (QED) is 0.767. The zero-order valence-electron chi connectivity index (χ0n) is 14.7.